The molecule has 0 radical (unpaired) electrons. The number of aryl methyl sites for hydroxylation is 1. The standard InChI is InChI=1S/C24H44NO4P/c1-2-3-4-5-6-7-8-9-10-11-12-13-14-18-23-28-30(26,27)29-24-19-22-25-20-16-15-17-21-25/h15-17,20-21H,2-14,18-19,22-24H2,1H3. The van der Waals surface area contributed by atoms with Gasteiger partial charge < -0.3 is 13.9 Å². The van der Waals surface area contributed by atoms with Crippen LogP contribution < -0.4 is 9.46 Å². The summed E-state index contributed by atoms with van der Waals surface area (Å²) >= 11 is 0. The molecule has 0 saturated heterocycles. The third-order valence-electron chi connectivity index (χ3n) is 5.33. The Kier molecular flexibility index (Phi) is 17.3. The molecule has 1 aromatic rings. The Hall–Kier alpha value is -0.740. The predicted octanol–water partition coefficient (Wildman–Crippen LogP) is 6.35. The Labute approximate surface area is 184 Å². The zero-order valence-corrected chi connectivity index (χ0v) is 20.0. The number of hydrogen-bond acceptors (Lipinski definition) is 4. The summed E-state index contributed by atoms with van der Waals surface area (Å²) in [4.78, 5) is 11.8. The molecule has 0 fully saturated rings. The Morgan fingerprint density at radius 1 is 0.667 bits per heavy atom. The Balaban J connectivity index is 1.83. The van der Waals surface area contributed by atoms with Gasteiger partial charge in [0.05, 0.1) is 13.2 Å². The molecule has 6 heteroatoms. The van der Waals surface area contributed by atoms with Crippen LogP contribution in [0.4, 0.5) is 0 Å². The van der Waals surface area contributed by atoms with Crippen LogP contribution in [0.3, 0.4) is 0 Å². The van der Waals surface area contributed by atoms with E-state index in [4.69, 9.17) is 9.05 Å². The molecule has 30 heavy (non-hydrogen) atoms. The maximum atomic E-state index is 11.8. The van der Waals surface area contributed by atoms with E-state index in [1.165, 1.54) is 70.6 Å². The highest BCUT2D eigenvalue weighted by Crippen LogP contribution is 2.38. The van der Waals surface area contributed by atoms with Gasteiger partial charge in [0.15, 0.2) is 18.9 Å². The van der Waals surface area contributed by atoms with Gasteiger partial charge in [0, 0.05) is 18.6 Å². The number of aromatic nitrogens is 1. The van der Waals surface area contributed by atoms with Crippen molar-refractivity contribution in [3.05, 3.63) is 30.6 Å². The van der Waals surface area contributed by atoms with Crippen LogP contribution in [-0.2, 0) is 20.2 Å². The van der Waals surface area contributed by atoms with Crippen LogP contribution in [0.2, 0.25) is 0 Å². The lowest BCUT2D eigenvalue weighted by Gasteiger charge is -2.22. The minimum absolute atomic E-state index is 0.154. The Bertz CT molecular complexity index is 541. The molecule has 0 amide bonds. The summed E-state index contributed by atoms with van der Waals surface area (Å²) in [5.74, 6) is 0. The van der Waals surface area contributed by atoms with E-state index in [2.05, 4.69) is 6.92 Å². The number of rotatable bonds is 21. The largest absolute Gasteiger partial charge is 0.756 e. The Morgan fingerprint density at radius 2 is 1.10 bits per heavy atom. The quantitative estimate of drug-likeness (QED) is 0.127. The fraction of sp³-hybridized carbons (Fsp3) is 0.792. The molecule has 1 aromatic heterocycles. The molecule has 0 aromatic carbocycles. The van der Waals surface area contributed by atoms with E-state index < -0.39 is 7.82 Å². The first-order valence-electron chi connectivity index (χ1n) is 12.2. The Morgan fingerprint density at radius 3 is 1.60 bits per heavy atom. The lowest BCUT2D eigenvalue weighted by Crippen LogP contribution is -2.32. The van der Waals surface area contributed by atoms with E-state index in [1.54, 1.807) is 0 Å². The highest BCUT2D eigenvalue weighted by molar-refractivity contribution is 7.45. The number of nitrogens with zero attached hydrogens (tertiary/aromatic N) is 1. The van der Waals surface area contributed by atoms with Crippen molar-refractivity contribution in [1.29, 1.82) is 0 Å². The van der Waals surface area contributed by atoms with Gasteiger partial charge in [-0.3, -0.25) is 4.57 Å². The van der Waals surface area contributed by atoms with Gasteiger partial charge in [0.2, 0.25) is 0 Å². The van der Waals surface area contributed by atoms with Gasteiger partial charge in [0.1, 0.15) is 0 Å². The highest BCUT2D eigenvalue weighted by Gasteiger charge is 2.09. The zero-order chi connectivity index (χ0) is 21.8. The number of phosphoric ester groups is 1. The SMILES string of the molecule is CCCCCCCCCCCCCCCCOP(=O)([O-])OCCC[n+]1ccccc1. The van der Waals surface area contributed by atoms with Crippen molar-refractivity contribution in [2.75, 3.05) is 13.2 Å². The van der Waals surface area contributed by atoms with Gasteiger partial charge in [-0.05, 0) is 6.42 Å². The second kappa shape index (κ2) is 19.0. The van der Waals surface area contributed by atoms with Crippen molar-refractivity contribution in [2.45, 2.75) is 110 Å². The van der Waals surface area contributed by atoms with Crippen molar-refractivity contribution in [1.82, 2.24) is 0 Å². The van der Waals surface area contributed by atoms with E-state index in [1.807, 2.05) is 35.2 Å². The summed E-state index contributed by atoms with van der Waals surface area (Å²) in [6.45, 7) is 3.37. The smallest absolute Gasteiger partial charge is 0.267 e. The molecule has 1 heterocycles. The van der Waals surface area contributed by atoms with Gasteiger partial charge in [-0.15, -0.1) is 0 Å². The molecular formula is C24H44NO4P. The van der Waals surface area contributed by atoms with Gasteiger partial charge in [-0.1, -0.05) is 96.5 Å². The highest BCUT2D eigenvalue weighted by atomic mass is 31.2. The summed E-state index contributed by atoms with van der Waals surface area (Å²) < 4.78 is 23.6. The van der Waals surface area contributed by atoms with Gasteiger partial charge in [-0.2, -0.15) is 0 Å². The fourth-order valence-electron chi connectivity index (χ4n) is 3.52. The average molecular weight is 442 g/mol. The van der Waals surface area contributed by atoms with E-state index in [9.17, 15) is 9.46 Å². The first kappa shape index (κ1) is 27.3. The van der Waals surface area contributed by atoms with Crippen molar-refractivity contribution in [3.63, 3.8) is 0 Å². The van der Waals surface area contributed by atoms with Crippen LogP contribution >= 0.6 is 7.82 Å². The van der Waals surface area contributed by atoms with Crippen LogP contribution in [0.25, 0.3) is 0 Å². The van der Waals surface area contributed by atoms with E-state index in [0.29, 0.717) is 6.42 Å². The van der Waals surface area contributed by atoms with Crippen LogP contribution in [0.15, 0.2) is 30.6 Å². The summed E-state index contributed by atoms with van der Waals surface area (Å²) in [6.07, 6.45) is 22.4. The summed E-state index contributed by atoms with van der Waals surface area (Å²) in [7, 11) is -4.16. The summed E-state index contributed by atoms with van der Waals surface area (Å²) in [5.41, 5.74) is 0. The second-order valence-corrected chi connectivity index (χ2v) is 9.59. The first-order chi connectivity index (χ1) is 14.6. The maximum absolute atomic E-state index is 11.8. The minimum atomic E-state index is -4.16. The molecule has 0 N–H and O–H groups in total. The maximum Gasteiger partial charge on any atom is 0.267 e. The van der Waals surface area contributed by atoms with Crippen LogP contribution in [0.5, 0.6) is 0 Å². The topological polar surface area (TPSA) is 62.5 Å². The number of unbranched alkanes of at least 4 members (excludes halogenated alkanes) is 13. The third kappa shape index (κ3) is 17.0. The molecule has 0 saturated carbocycles. The third-order valence-corrected chi connectivity index (χ3v) is 6.33. The fourth-order valence-corrected chi connectivity index (χ4v) is 4.30. The number of phosphoric acid groups is 1. The molecule has 0 spiro atoms. The summed E-state index contributed by atoms with van der Waals surface area (Å²) in [6, 6.07) is 5.84. The van der Waals surface area contributed by atoms with Crippen molar-refractivity contribution in [3.8, 4) is 0 Å². The number of pyridine rings is 1. The van der Waals surface area contributed by atoms with Crippen LogP contribution in [0, 0.1) is 0 Å². The second-order valence-electron chi connectivity index (χ2n) is 8.18. The zero-order valence-electron chi connectivity index (χ0n) is 19.1. The molecule has 0 aliphatic carbocycles. The van der Waals surface area contributed by atoms with Crippen molar-refractivity contribution in [2.24, 2.45) is 0 Å². The molecule has 5 nitrogen and oxygen atoms in total. The molecule has 0 aliphatic rings. The monoisotopic (exact) mass is 441 g/mol. The van der Waals surface area contributed by atoms with E-state index in [0.717, 1.165) is 25.8 Å². The van der Waals surface area contributed by atoms with Gasteiger partial charge in [-0.25, -0.2) is 4.57 Å². The molecule has 0 aliphatic heterocycles. The molecule has 1 atom stereocenters. The predicted molar refractivity (Wildman–Crippen MR) is 121 cm³/mol. The lowest BCUT2D eigenvalue weighted by molar-refractivity contribution is -0.697. The first-order valence-corrected chi connectivity index (χ1v) is 13.6. The molecule has 1 unspecified atom stereocenters. The normalized spacial score (nSPS) is 13.4. The lowest BCUT2D eigenvalue weighted by atomic mass is 10.0. The number of hydrogen-bond donors (Lipinski definition) is 0. The molecule has 0 bridgehead atoms. The van der Waals surface area contributed by atoms with Crippen molar-refractivity contribution < 1.29 is 23.1 Å². The van der Waals surface area contributed by atoms with Gasteiger partial charge >= 0.3 is 0 Å². The van der Waals surface area contributed by atoms with Crippen LogP contribution in [0.1, 0.15) is 103 Å². The van der Waals surface area contributed by atoms with E-state index in [-0.39, 0.29) is 13.2 Å². The van der Waals surface area contributed by atoms with Crippen molar-refractivity contribution >= 4 is 7.82 Å². The van der Waals surface area contributed by atoms with Gasteiger partial charge in [0.25, 0.3) is 7.82 Å². The van der Waals surface area contributed by atoms with Crippen LogP contribution in [-0.4, -0.2) is 13.2 Å². The summed E-state index contributed by atoms with van der Waals surface area (Å²) in [5, 5.41) is 0. The minimum Gasteiger partial charge on any atom is -0.756 e. The molecular weight excluding hydrogens is 397 g/mol. The molecule has 174 valence electrons. The van der Waals surface area contributed by atoms with E-state index >= 15 is 0 Å². The average Bonchev–Trinajstić information content (AvgIpc) is 2.75. The molecule has 1 rings (SSSR count).